The van der Waals surface area contributed by atoms with E-state index in [1.54, 1.807) is 18.3 Å². The van der Waals surface area contributed by atoms with Gasteiger partial charge in [0.15, 0.2) is 0 Å². The van der Waals surface area contributed by atoms with Gasteiger partial charge < -0.3 is 5.32 Å². The summed E-state index contributed by atoms with van der Waals surface area (Å²) in [5, 5.41) is 3.83. The fourth-order valence-corrected chi connectivity index (χ4v) is 2.46. The number of carbonyl (C=O) groups is 1. The summed E-state index contributed by atoms with van der Waals surface area (Å²) in [6, 6.07) is 11.2. The van der Waals surface area contributed by atoms with Crippen LogP contribution in [0.5, 0.6) is 0 Å². The van der Waals surface area contributed by atoms with Crippen LogP contribution in [0.3, 0.4) is 0 Å². The molecule has 0 atom stereocenters. The van der Waals surface area contributed by atoms with E-state index in [1.165, 1.54) is 18.2 Å². The molecule has 0 fully saturated rings. The van der Waals surface area contributed by atoms with E-state index in [0.29, 0.717) is 10.7 Å². The summed E-state index contributed by atoms with van der Waals surface area (Å²) < 4.78 is 13.8. The van der Waals surface area contributed by atoms with Gasteiger partial charge in [-0.2, -0.15) is 0 Å². The molecular weight excluding hydrogens is 303 g/mol. The van der Waals surface area contributed by atoms with E-state index >= 15 is 0 Å². The highest BCUT2D eigenvalue weighted by atomic mass is 35.5. The van der Waals surface area contributed by atoms with E-state index in [0.717, 1.165) is 16.5 Å². The summed E-state index contributed by atoms with van der Waals surface area (Å²) in [5.74, 6) is -1.16. The van der Waals surface area contributed by atoms with Gasteiger partial charge in [-0.25, -0.2) is 4.39 Å². The average molecular weight is 315 g/mol. The number of fused-ring (bicyclic) bond motifs is 1. The minimum atomic E-state index is -0.614. The first-order chi connectivity index (χ1) is 10.6. The Bertz CT molecular complexity index is 880. The van der Waals surface area contributed by atoms with Crippen molar-refractivity contribution in [2.75, 3.05) is 5.32 Å². The summed E-state index contributed by atoms with van der Waals surface area (Å²) in [6.07, 6.45) is 1.69. The Balaban J connectivity index is 2.02. The molecule has 1 aromatic heterocycles. The molecule has 0 aliphatic carbocycles. The second-order valence-electron chi connectivity index (χ2n) is 4.91. The monoisotopic (exact) mass is 314 g/mol. The van der Waals surface area contributed by atoms with Crippen LogP contribution >= 0.6 is 11.6 Å². The lowest BCUT2D eigenvalue weighted by atomic mass is 10.1. The molecule has 0 radical (unpaired) electrons. The van der Waals surface area contributed by atoms with Crippen LogP contribution in [0.15, 0.2) is 48.7 Å². The molecule has 0 bridgehead atoms. The SMILES string of the molecule is Cc1ccc(NC(=O)c2cc(Cl)ccc2F)c2cccnc12. The molecule has 2 aromatic carbocycles. The molecule has 3 aromatic rings. The Morgan fingerprint density at radius 1 is 1.23 bits per heavy atom. The van der Waals surface area contributed by atoms with Gasteiger partial charge in [-0.1, -0.05) is 17.7 Å². The number of hydrogen-bond donors (Lipinski definition) is 1. The lowest BCUT2D eigenvalue weighted by Crippen LogP contribution is -2.14. The number of aryl methyl sites for hydroxylation is 1. The molecule has 1 amide bonds. The number of benzene rings is 2. The number of anilines is 1. The van der Waals surface area contributed by atoms with Crippen LogP contribution in [0.1, 0.15) is 15.9 Å². The predicted molar refractivity (Wildman–Crippen MR) is 85.8 cm³/mol. The van der Waals surface area contributed by atoms with Crippen LogP contribution in [-0.2, 0) is 0 Å². The number of hydrogen-bond acceptors (Lipinski definition) is 2. The summed E-state index contributed by atoms with van der Waals surface area (Å²) in [5.41, 5.74) is 2.29. The van der Waals surface area contributed by atoms with E-state index in [4.69, 9.17) is 11.6 Å². The minimum absolute atomic E-state index is 0.0925. The summed E-state index contributed by atoms with van der Waals surface area (Å²) >= 11 is 5.82. The van der Waals surface area contributed by atoms with Crippen molar-refractivity contribution in [3.63, 3.8) is 0 Å². The van der Waals surface area contributed by atoms with Gasteiger partial charge in [0.1, 0.15) is 5.82 Å². The van der Waals surface area contributed by atoms with Gasteiger partial charge in [0.05, 0.1) is 16.8 Å². The van der Waals surface area contributed by atoms with E-state index in [2.05, 4.69) is 10.3 Å². The van der Waals surface area contributed by atoms with Crippen molar-refractivity contribution in [2.24, 2.45) is 0 Å². The first-order valence-corrected chi connectivity index (χ1v) is 7.05. The van der Waals surface area contributed by atoms with Gasteiger partial charge in [0.2, 0.25) is 0 Å². The van der Waals surface area contributed by atoms with E-state index in [-0.39, 0.29) is 5.56 Å². The average Bonchev–Trinajstić information content (AvgIpc) is 2.52. The van der Waals surface area contributed by atoms with E-state index in [1.807, 2.05) is 19.1 Å². The third-order valence-corrected chi connectivity index (χ3v) is 3.63. The molecule has 0 aliphatic heterocycles. The molecule has 3 rings (SSSR count). The normalized spacial score (nSPS) is 10.7. The van der Waals surface area contributed by atoms with Gasteiger partial charge >= 0.3 is 0 Å². The Kier molecular flexibility index (Phi) is 3.77. The Labute approximate surface area is 131 Å². The van der Waals surface area contributed by atoms with Crippen molar-refractivity contribution in [3.8, 4) is 0 Å². The van der Waals surface area contributed by atoms with Crippen molar-refractivity contribution in [3.05, 3.63) is 70.6 Å². The topological polar surface area (TPSA) is 42.0 Å². The number of carbonyl (C=O) groups excluding carboxylic acids is 1. The van der Waals surface area contributed by atoms with Gasteiger partial charge in [0, 0.05) is 16.6 Å². The molecule has 0 saturated carbocycles. The second-order valence-corrected chi connectivity index (χ2v) is 5.34. The van der Waals surface area contributed by atoms with Crippen molar-refractivity contribution >= 4 is 34.1 Å². The highest BCUT2D eigenvalue weighted by molar-refractivity contribution is 6.31. The number of amides is 1. The number of nitrogens with one attached hydrogen (secondary N) is 1. The number of aromatic nitrogens is 1. The molecule has 3 nitrogen and oxygen atoms in total. The number of rotatable bonds is 2. The molecule has 0 saturated heterocycles. The zero-order valence-corrected chi connectivity index (χ0v) is 12.5. The van der Waals surface area contributed by atoms with E-state index in [9.17, 15) is 9.18 Å². The molecule has 5 heteroatoms. The van der Waals surface area contributed by atoms with Crippen molar-refractivity contribution in [2.45, 2.75) is 6.92 Å². The third kappa shape index (κ3) is 2.65. The van der Waals surface area contributed by atoms with Gasteiger partial charge in [-0.05, 0) is 48.9 Å². The maximum atomic E-state index is 13.8. The summed E-state index contributed by atoms with van der Waals surface area (Å²) in [4.78, 5) is 16.6. The number of halogens is 2. The highest BCUT2D eigenvalue weighted by Gasteiger charge is 2.14. The smallest absolute Gasteiger partial charge is 0.258 e. The van der Waals surface area contributed by atoms with Crippen molar-refractivity contribution < 1.29 is 9.18 Å². The summed E-state index contributed by atoms with van der Waals surface area (Å²) in [7, 11) is 0. The van der Waals surface area contributed by atoms with Crippen molar-refractivity contribution in [1.29, 1.82) is 0 Å². The zero-order chi connectivity index (χ0) is 15.7. The second kappa shape index (κ2) is 5.73. The van der Waals surface area contributed by atoms with Crippen LogP contribution in [0.2, 0.25) is 5.02 Å². The van der Waals surface area contributed by atoms with Crippen LogP contribution < -0.4 is 5.32 Å². The lowest BCUT2D eigenvalue weighted by Gasteiger charge is -2.10. The van der Waals surface area contributed by atoms with Gasteiger partial charge in [0.25, 0.3) is 5.91 Å². The molecule has 1 heterocycles. The Hall–Kier alpha value is -2.46. The number of nitrogens with zero attached hydrogens (tertiary/aromatic N) is 1. The quantitative estimate of drug-likeness (QED) is 0.751. The predicted octanol–water partition coefficient (Wildman–Crippen LogP) is 4.59. The maximum absolute atomic E-state index is 13.8. The Morgan fingerprint density at radius 3 is 2.86 bits per heavy atom. The summed E-state index contributed by atoms with van der Waals surface area (Å²) in [6.45, 7) is 1.94. The number of pyridine rings is 1. The van der Waals surface area contributed by atoms with Crippen LogP contribution in [0, 0.1) is 12.7 Å². The molecule has 0 unspecified atom stereocenters. The van der Waals surface area contributed by atoms with E-state index < -0.39 is 11.7 Å². The fraction of sp³-hybridized carbons (Fsp3) is 0.0588. The van der Waals surface area contributed by atoms with Crippen LogP contribution in [-0.4, -0.2) is 10.9 Å². The zero-order valence-electron chi connectivity index (χ0n) is 11.7. The molecule has 1 N–H and O–H groups in total. The fourth-order valence-electron chi connectivity index (χ4n) is 2.28. The highest BCUT2D eigenvalue weighted by Crippen LogP contribution is 2.25. The Morgan fingerprint density at radius 2 is 2.05 bits per heavy atom. The molecule has 0 spiro atoms. The largest absolute Gasteiger partial charge is 0.321 e. The molecule has 0 aliphatic rings. The maximum Gasteiger partial charge on any atom is 0.258 e. The van der Waals surface area contributed by atoms with Crippen LogP contribution in [0.4, 0.5) is 10.1 Å². The van der Waals surface area contributed by atoms with Crippen LogP contribution in [0.25, 0.3) is 10.9 Å². The lowest BCUT2D eigenvalue weighted by molar-refractivity contribution is 0.102. The first-order valence-electron chi connectivity index (χ1n) is 6.67. The molecular formula is C17H12ClFN2O. The van der Waals surface area contributed by atoms with Gasteiger partial charge in [-0.15, -0.1) is 0 Å². The minimum Gasteiger partial charge on any atom is -0.321 e. The first kappa shape index (κ1) is 14.5. The molecule has 110 valence electrons. The third-order valence-electron chi connectivity index (χ3n) is 3.39. The standard InChI is InChI=1S/C17H12ClFN2O/c1-10-4-7-15(12-3-2-8-20-16(10)12)21-17(22)13-9-11(18)5-6-14(13)19/h2-9H,1H3,(H,21,22). The molecule has 22 heavy (non-hydrogen) atoms. The van der Waals surface area contributed by atoms with Gasteiger partial charge in [-0.3, -0.25) is 9.78 Å². The van der Waals surface area contributed by atoms with Crippen molar-refractivity contribution in [1.82, 2.24) is 4.98 Å².